The summed E-state index contributed by atoms with van der Waals surface area (Å²) in [4.78, 5) is 19.2. The highest BCUT2D eigenvalue weighted by molar-refractivity contribution is 7.09. The quantitative estimate of drug-likeness (QED) is 0.838. The van der Waals surface area contributed by atoms with Crippen molar-refractivity contribution < 1.29 is 9.53 Å². The van der Waals surface area contributed by atoms with Crippen molar-refractivity contribution in [2.45, 2.75) is 50.3 Å². The van der Waals surface area contributed by atoms with E-state index < -0.39 is 0 Å². The van der Waals surface area contributed by atoms with Crippen LogP contribution in [0.25, 0.3) is 0 Å². The molecule has 1 aliphatic carbocycles. The predicted molar refractivity (Wildman–Crippen MR) is 99.2 cm³/mol. The van der Waals surface area contributed by atoms with Crippen molar-refractivity contribution in [1.29, 1.82) is 0 Å². The Balaban J connectivity index is 0.00000104. The molecule has 3 heterocycles. The van der Waals surface area contributed by atoms with Crippen molar-refractivity contribution in [3.8, 4) is 0 Å². The van der Waals surface area contributed by atoms with Gasteiger partial charge in [-0.2, -0.15) is 0 Å². The first-order valence-electron chi connectivity index (χ1n) is 8.37. The van der Waals surface area contributed by atoms with E-state index in [-0.39, 0.29) is 42.9 Å². The second-order valence-corrected chi connectivity index (χ2v) is 7.55. The molecule has 2 aliphatic heterocycles. The Labute approximate surface area is 159 Å². The molecular weight excluding hydrogens is 369 g/mol. The molecule has 1 aromatic rings. The third-order valence-corrected chi connectivity index (χ3v) is 6.13. The normalized spacial score (nSPS) is 32.4. The fraction of sp³-hybridized carbons (Fsp3) is 0.750. The summed E-state index contributed by atoms with van der Waals surface area (Å²) in [5.74, 6) is 0.970. The number of carbonyl (C=O) groups is 1. The van der Waals surface area contributed by atoms with Gasteiger partial charge in [0.25, 0.3) is 0 Å². The van der Waals surface area contributed by atoms with Gasteiger partial charge >= 0.3 is 0 Å². The summed E-state index contributed by atoms with van der Waals surface area (Å²) in [7, 11) is 0. The van der Waals surface area contributed by atoms with Crippen molar-refractivity contribution in [3.05, 3.63) is 16.6 Å². The first-order valence-corrected chi connectivity index (χ1v) is 9.25. The summed E-state index contributed by atoms with van der Waals surface area (Å²) in [6.07, 6.45) is 7.91. The topological polar surface area (TPSA) is 54.5 Å². The number of amides is 1. The Morgan fingerprint density at radius 1 is 1.33 bits per heavy atom. The molecule has 3 aliphatic rings. The van der Waals surface area contributed by atoms with E-state index in [0.29, 0.717) is 31.7 Å². The zero-order valence-electron chi connectivity index (χ0n) is 13.6. The van der Waals surface area contributed by atoms with Crippen LogP contribution in [0.5, 0.6) is 0 Å². The molecular formula is C16H25Cl2N3O2S. The molecule has 5 nitrogen and oxygen atoms in total. The summed E-state index contributed by atoms with van der Waals surface area (Å²) in [6.45, 7) is 1.95. The number of hydrogen-bond acceptors (Lipinski definition) is 5. The second kappa shape index (κ2) is 8.81. The maximum Gasteiger partial charge on any atom is 0.239 e. The number of nitrogens with one attached hydrogen (secondary N) is 1. The lowest BCUT2D eigenvalue weighted by molar-refractivity contribution is -0.141. The molecule has 4 atom stereocenters. The molecule has 1 N–H and O–H groups in total. The summed E-state index contributed by atoms with van der Waals surface area (Å²) in [6, 6.07) is 0.585. The van der Waals surface area contributed by atoms with Gasteiger partial charge in [0.15, 0.2) is 0 Å². The molecule has 1 amide bonds. The van der Waals surface area contributed by atoms with E-state index in [1.165, 1.54) is 25.7 Å². The van der Waals surface area contributed by atoms with E-state index in [9.17, 15) is 4.79 Å². The minimum Gasteiger partial charge on any atom is -0.367 e. The van der Waals surface area contributed by atoms with E-state index in [1.807, 2.05) is 10.3 Å². The molecule has 0 radical (unpaired) electrons. The Morgan fingerprint density at radius 3 is 2.92 bits per heavy atom. The lowest BCUT2D eigenvalue weighted by Crippen LogP contribution is -2.50. The van der Waals surface area contributed by atoms with Crippen LogP contribution in [0, 0.1) is 5.92 Å². The van der Waals surface area contributed by atoms with Gasteiger partial charge in [0.05, 0.1) is 19.2 Å². The highest BCUT2D eigenvalue weighted by atomic mass is 35.5. The van der Waals surface area contributed by atoms with Crippen LogP contribution in [0.15, 0.2) is 11.6 Å². The average molecular weight is 394 g/mol. The highest BCUT2D eigenvalue weighted by Crippen LogP contribution is 2.34. The van der Waals surface area contributed by atoms with Gasteiger partial charge in [0, 0.05) is 24.2 Å². The molecule has 24 heavy (non-hydrogen) atoms. The van der Waals surface area contributed by atoms with Crippen molar-refractivity contribution in [2.24, 2.45) is 5.92 Å². The molecule has 1 aromatic heterocycles. The molecule has 8 heteroatoms. The molecule has 0 aromatic carbocycles. The first kappa shape index (κ1) is 19.9. The SMILES string of the molecule is Cl.Cl.O=C(C1CC2CCCCC2N1)N1CCOC(c2nccs2)C1. The number of aromatic nitrogens is 1. The number of morpholine rings is 1. The van der Waals surface area contributed by atoms with Crippen LogP contribution in [0.3, 0.4) is 0 Å². The van der Waals surface area contributed by atoms with E-state index in [1.54, 1.807) is 17.5 Å². The van der Waals surface area contributed by atoms with Crippen LogP contribution < -0.4 is 5.32 Å². The Hall–Kier alpha value is -0.400. The fourth-order valence-corrected chi connectivity index (χ4v) is 4.80. The van der Waals surface area contributed by atoms with Crippen LogP contribution in [-0.2, 0) is 9.53 Å². The minimum atomic E-state index is -0.0543. The summed E-state index contributed by atoms with van der Waals surface area (Å²) in [5.41, 5.74) is 0. The lowest BCUT2D eigenvalue weighted by atomic mass is 9.85. The molecule has 1 saturated carbocycles. The standard InChI is InChI=1S/C16H23N3O2S.2ClH/c20-16(13-9-11-3-1-2-4-12(11)18-13)19-6-7-21-14(10-19)15-17-5-8-22-15;;/h5,8,11-14,18H,1-4,6-7,9-10H2;2*1H. The molecule has 136 valence electrons. The molecule has 4 unspecified atom stereocenters. The zero-order chi connectivity index (χ0) is 14.9. The summed E-state index contributed by atoms with van der Waals surface area (Å²) in [5, 5.41) is 6.53. The van der Waals surface area contributed by atoms with Crippen molar-refractivity contribution >= 4 is 42.1 Å². The number of hydrogen-bond donors (Lipinski definition) is 1. The van der Waals surface area contributed by atoms with Gasteiger partial charge < -0.3 is 15.0 Å². The van der Waals surface area contributed by atoms with Gasteiger partial charge in [-0.05, 0) is 25.2 Å². The highest BCUT2D eigenvalue weighted by Gasteiger charge is 2.40. The lowest BCUT2D eigenvalue weighted by Gasteiger charge is -2.33. The van der Waals surface area contributed by atoms with Crippen LogP contribution in [-0.4, -0.2) is 47.6 Å². The third-order valence-electron chi connectivity index (χ3n) is 5.27. The number of thiazole rings is 1. The van der Waals surface area contributed by atoms with Crippen molar-refractivity contribution in [3.63, 3.8) is 0 Å². The van der Waals surface area contributed by atoms with E-state index >= 15 is 0 Å². The van der Waals surface area contributed by atoms with Gasteiger partial charge in [-0.15, -0.1) is 36.2 Å². The Bertz CT molecular complexity index is 517. The van der Waals surface area contributed by atoms with Crippen LogP contribution in [0.4, 0.5) is 0 Å². The molecule has 4 rings (SSSR count). The van der Waals surface area contributed by atoms with Gasteiger partial charge in [0.1, 0.15) is 11.1 Å². The number of carbonyl (C=O) groups excluding carboxylic acids is 1. The second-order valence-electron chi connectivity index (χ2n) is 6.62. The zero-order valence-corrected chi connectivity index (χ0v) is 16.0. The number of fused-ring (bicyclic) bond motifs is 1. The summed E-state index contributed by atoms with van der Waals surface area (Å²) < 4.78 is 5.79. The number of rotatable bonds is 2. The number of halogens is 2. The predicted octanol–water partition coefficient (Wildman–Crippen LogP) is 2.81. The maximum absolute atomic E-state index is 12.8. The smallest absolute Gasteiger partial charge is 0.239 e. The van der Waals surface area contributed by atoms with Gasteiger partial charge in [-0.25, -0.2) is 4.98 Å². The summed E-state index contributed by atoms with van der Waals surface area (Å²) >= 11 is 1.60. The van der Waals surface area contributed by atoms with Crippen LogP contribution in [0.2, 0.25) is 0 Å². The molecule has 3 fully saturated rings. The van der Waals surface area contributed by atoms with Crippen molar-refractivity contribution in [2.75, 3.05) is 19.7 Å². The van der Waals surface area contributed by atoms with E-state index in [0.717, 1.165) is 11.4 Å². The molecule has 2 saturated heterocycles. The largest absolute Gasteiger partial charge is 0.367 e. The Morgan fingerprint density at radius 2 is 2.17 bits per heavy atom. The maximum atomic E-state index is 12.8. The van der Waals surface area contributed by atoms with Crippen LogP contribution in [0.1, 0.15) is 43.2 Å². The monoisotopic (exact) mass is 393 g/mol. The van der Waals surface area contributed by atoms with Gasteiger partial charge in [0.2, 0.25) is 5.91 Å². The van der Waals surface area contributed by atoms with Crippen molar-refractivity contribution in [1.82, 2.24) is 15.2 Å². The molecule has 0 bridgehead atoms. The van der Waals surface area contributed by atoms with E-state index in [4.69, 9.17) is 4.74 Å². The third kappa shape index (κ3) is 4.05. The average Bonchev–Trinajstić information content (AvgIpc) is 3.23. The first-order chi connectivity index (χ1) is 10.8. The van der Waals surface area contributed by atoms with E-state index in [2.05, 4.69) is 10.3 Å². The number of ether oxygens (including phenoxy) is 1. The minimum absolute atomic E-state index is 0. The van der Waals surface area contributed by atoms with Gasteiger partial charge in [-0.1, -0.05) is 12.8 Å². The Kier molecular flexibility index (Phi) is 7.31. The van der Waals surface area contributed by atoms with Gasteiger partial charge in [-0.3, -0.25) is 4.79 Å². The number of nitrogens with zero attached hydrogens (tertiary/aromatic N) is 2. The fourth-order valence-electron chi connectivity index (χ4n) is 4.12. The van der Waals surface area contributed by atoms with Crippen LogP contribution >= 0.6 is 36.2 Å². The molecule has 0 spiro atoms.